The Morgan fingerprint density at radius 2 is 1.84 bits per heavy atom. The number of rotatable bonds is 8. The van der Waals surface area contributed by atoms with Gasteiger partial charge in [0.1, 0.15) is 23.0 Å². The lowest BCUT2D eigenvalue weighted by Gasteiger charge is -2.16. The van der Waals surface area contributed by atoms with Gasteiger partial charge in [-0.25, -0.2) is 0 Å². The summed E-state index contributed by atoms with van der Waals surface area (Å²) in [5.41, 5.74) is 5.12. The number of aryl methyl sites for hydroxylation is 1. The van der Waals surface area contributed by atoms with Gasteiger partial charge in [0, 0.05) is 48.7 Å². The zero-order valence-corrected chi connectivity index (χ0v) is 22.3. The second kappa shape index (κ2) is 10.5. The number of allylic oxidation sites excluding steroid dienone is 1. The third kappa shape index (κ3) is 5.88. The molecule has 1 aromatic heterocycles. The second-order valence-electron chi connectivity index (χ2n) is 10.3. The lowest BCUT2D eigenvalue weighted by molar-refractivity contribution is -0.117. The normalized spacial score (nSPS) is 13.2. The number of aliphatic imine (C=N–C) groups is 1. The summed E-state index contributed by atoms with van der Waals surface area (Å²) in [4.78, 5) is 34.1. The van der Waals surface area contributed by atoms with E-state index in [0.29, 0.717) is 53.1 Å². The van der Waals surface area contributed by atoms with Gasteiger partial charge in [-0.1, -0.05) is 26.8 Å². The summed E-state index contributed by atoms with van der Waals surface area (Å²) in [7, 11) is 3.09. The summed E-state index contributed by atoms with van der Waals surface area (Å²) in [6, 6.07) is 10.9. The predicted octanol–water partition coefficient (Wildman–Crippen LogP) is 5.63. The average molecular weight is 500 g/mol. The maximum absolute atomic E-state index is 12.8. The van der Waals surface area contributed by atoms with E-state index in [4.69, 9.17) is 9.47 Å². The fourth-order valence-electron chi connectivity index (χ4n) is 4.34. The Morgan fingerprint density at radius 1 is 1.05 bits per heavy atom. The van der Waals surface area contributed by atoms with Crippen molar-refractivity contribution >= 4 is 28.3 Å². The van der Waals surface area contributed by atoms with Crippen molar-refractivity contribution in [3.05, 3.63) is 70.9 Å². The van der Waals surface area contributed by atoms with Crippen molar-refractivity contribution in [1.29, 1.82) is 0 Å². The van der Waals surface area contributed by atoms with Gasteiger partial charge in [0.25, 0.3) is 5.91 Å². The van der Waals surface area contributed by atoms with Crippen molar-refractivity contribution in [2.24, 2.45) is 10.4 Å². The molecule has 4 rings (SSSR count). The summed E-state index contributed by atoms with van der Waals surface area (Å²) >= 11 is 0. The van der Waals surface area contributed by atoms with Crippen molar-refractivity contribution in [1.82, 2.24) is 10.3 Å². The number of fused-ring (bicyclic) bond motifs is 1. The molecule has 2 aromatic carbocycles. The molecular formula is C30H33N3O4. The third-order valence-electron chi connectivity index (χ3n) is 6.41. The van der Waals surface area contributed by atoms with Crippen LogP contribution in [0.4, 0.5) is 0 Å². The smallest absolute Gasteiger partial charge is 0.254 e. The molecule has 1 aliphatic heterocycles. The second-order valence-corrected chi connectivity index (χ2v) is 10.3. The summed E-state index contributed by atoms with van der Waals surface area (Å²) in [5, 5.41) is 3.33. The van der Waals surface area contributed by atoms with Crippen LogP contribution in [-0.2, 0) is 11.2 Å². The van der Waals surface area contributed by atoms with Gasteiger partial charge in [-0.3, -0.25) is 19.6 Å². The number of carbonyl (C=O) groups excluding carboxylic acids is 2. The van der Waals surface area contributed by atoms with E-state index in [0.717, 1.165) is 22.4 Å². The van der Waals surface area contributed by atoms with Crippen molar-refractivity contribution in [2.45, 2.75) is 40.5 Å². The first-order valence-corrected chi connectivity index (χ1v) is 12.3. The van der Waals surface area contributed by atoms with Gasteiger partial charge in [0.2, 0.25) is 0 Å². The number of aromatic nitrogens is 1. The highest BCUT2D eigenvalue weighted by Crippen LogP contribution is 2.34. The molecule has 0 saturated carbocycles. The van der Waals surface area contributed by atoms with E-state index in [1.54, 1.807) is 31.4 Å². The zero-order chi connectivity index (χ0) is 26.7. The van der Waals surface area contributed by atoms with E-state index < -0.39 is 0 Å². The number of Topliss-reactive ketones (excluding diaryl/α,β-unsaturated/α-hetero) is 1. The van der Waals surface area contributed by atoms with Crippen molar-refractivity contribution in [2.75, 3.05) is 20.7 Å². The van der Waals surface area contributed by atoms with E-state index in [9.17, 15) is 9.59 Å². The van der Waals surface area contributed by atoms with Crippen LogP contribution >= 0.6 is 0 Å². The number of ketones is 1. The fraction of sp³-hybridized carbons (Fsp3) is 0.333. The van der Waals surface area contributed by atoms with Gasteiger partial charge >= 0.3 is 0 Å². The fourth-order valence-corrected chi connectivity index (χ4v) is 4.34. The molecule has 1 amide bonds. The Kier molecular flexibility index (Phi) is 7.43. The molecule has 2 heterocycles. The van der Waals surface area contributed by atoms with Crippen LogP contribution in [0, 0.1) is 12.3 Å². The number of nitrogens with one attached hydrogen (secondary N) is 1. The molecule has 7 heteroatoms. The van der Waals surface area contributed by atoms with Gasteiger partial charge in [0.05, 0.1) is 24.7 Å². The largest absolute Gasteiger partial charge is 0.496 e. The number of pyridine rings is 1. The number of nitrogens with zero attached hydrogens (tertiary/aromatic N) is 2. The van der Waals surface area contributed by atoms with Gasteiger partial charge in [0.15, 0.2) is 0 Å². The number of hydrogen-bond acceptors (Lipinski definition) is 6. The number of benzene rings is 2. The average Bonchev–Trinajstić information content (AvgIpc) is 3.33. The highest BCUT2D eigenvalue weighted by atomic mass is 16.5. The lowest BCUT2D eigenvalue weighted by atomic mass is 9.89. The Labute approximate surface area is 217 Å². The number of hydrogen-bond donors (Lipinski definition) is 1. The Morgan fingerprint density at radius 3 is 2.49 bits per heavy atom. The highest BCUT2D eigenvalue weighted by molar-refractivity contribution is 6.03. The topological polar surface area (TPSA) is 89.9 Å². The number of amides is 1. The molecule has 0 saturated heterocycles. The van der Waals surface area contributed by atoms with Gasteiger partial charge < -0.3 is 14.8 Å². The third-order valence-corrected chi connectivity index (χ3v) is 6.41. The van der Waals surface area contributed by atoms with E-state index in [2.05, 4.69) is 42.1 Å². The maximum Gasteiger partial charge on any atom is 0.254 e. The molecule has 7 nitrogen and oxygen atoms in total. The van der Waals surface area contributed by atoms with Gasteiger partial charge in [-0.15, -0.1) is 0 Å². The minimum atomic E-state index is -0.257. The van der Waals surface area contributed by atoms with Gasteiger partial charge in [-0.2, -0.15) is 0 Å². The summed E-state index contributed by atoms with van der Waals surface area (Å²) in [5.74, 6) is 1.57. The number of ether oxygens (including phenoxy) is 2. The monoisotopic (exact) mass is 499 g/mol. The summed E-state index contributed by atoms with van der Waals surface area (Å²) in [6.07, 6.45) is 4.51. The maximum atomic E-state index is 12.8. The standard InChI is InChI=1S/C30H33N3O4/c1-18-11-22(8-7-20(18)14-21(34)12-19-13-28(33-17-19)30(2,3)4)37-26-9-10-32-25-16-27(36-6)24(15-23(25)26)29(35)31-5/h7-11,13,15-16H,12,14,17H2,1-6H3,(H,31,35). The molecule has 0 radical (unpaired) electrons. The molecular weight excluding hydrogens is 466 g/mol. The molecule has 0 atom stereocenters. The molecule has 1 N–H and O–H groups in total. The van der Waals surface area contributed by atoms with Crippen LogP contribution in [0.3, 0.4) is 0 Å². The molecule has 0 fully saturated rings. The molecule has 0 spiro atoms. The van der Waals surface area contributed by atoms with E-state index >= 15 is 0 Å². The van der Waals surface area contributed by atoms with E-state index in [1.807, 2.05) is 25.1 Å². The van der Waals surface area contributed by atoms with Crippen LogP contribution in [0.15, 0.2) is 59.2 Å². The minimum absolute atomic E-state index is 0.00653. The van der Waals surface area contributed by atoms with Crippen LogP contribution < -0.4 is 14.8 Å². The van der Waals surface area contributed by atoms with Crippen LogP contribution in [0.25, 0.3) is 10.9 Å². The summed E-state index contributed by atoms with van der Waals surface area (Å²) < 4.78 is 11.6. The zero-order valence-electron chi connectivity index (χ0n) is 22.3. The SMILES string of the molecule is CNC(=O)c1cc2c(Oc3ccc(CC(=O)CC4=CC(C(C)(C)C)=NC4)c(C)c3)ccnc2cc1OC. The first kappa shape index (κ1) is 26.1. The highest BCUT2D eigenvalue weighted by Gasteiger charge is 2.22. The molecule has 192 valence electrons. The molecule has 1 aliphatic rings. The van der Waals surface area contributed by atoms with Gasteiger partial charge in [-0.05, 0) is 54.0 Å². The van der Waals surface area contributed by atoms with Crippen LogP contribution in [0.2, 0.25) is 0 Å². The lowest BCUT2D eigenvalue weighted by Crippen LogP contribution is -2.18. The molecule has 0 unspecified atom stereocenters. The molecule has 0 aliphatic carbocycles. The van der Waals surface area contributed by atoms with Crippen molar-refractivity contribution in [3.8, 4) is 17.2 Å². The quantitative estimate of drug-likeness (QED) is 0.434. The number of carbonyl (C=O) groups is 2. The van der Waals surface area contributed by atoms with Crippen LogP contribution in [-0.4, -0.2) is 43.1 Å². The van der Waals surface area contributed by atoms with E-state index in [-0.39, 0.29) is 17.1 Å². The number of methoxy groups -OCH3 is 1. The minimum Gasteiger partial charge on any atom is -0.496 e. The Balaban J connectivity index is 1.50. The molecule has 37 heavy (non-hydrogen) atoms. The van der Waals surface area contributed by atoms with Crippen molar-refractivity contribution in [3.63, 3.8) is 0 Å². The molecule has 3 aromatic rings. The Hall–Kier alpha value is -4.00. The van der Waals surface area contributed by atoms with E-state index in [1.165, 1.54) is 7.11 Å². The summed E-state index contributed by atoms with van der Waals surface area (Å²) in [6.45, 7) is 8.98. The van der Waals surface area contributed by atoms with Crippen LogP contribution in [0.5, 0.6) is 17.2 Å². The van der Waals surface area contributed by atoms with Crippen LogP contribution in [0.1, 0.15) is 48.7 Å². The molecule has 0 bridgehead atoms. The first-order valence-electron chi connectivity index (χ1n) is 12.3. The van der Waals surface area contributed by atoms with Crippen molar-refractivity contribution < 1.29 is 19.1 Å². The predicted molar refractivity (Wildman–Crippen MR) is 146 cm³/mol. The Bertz CT molecular complexity index is 1430. The first-order chi connectivity index (χ1) is 17.6.